The highest BCUT2D eigenvalue weighted by molar-refractivity contribution is 6.43. The molecule has 1 aliphatic heterocycles. The number of nitrogens with zero attached hydrogens (tertiary/aromatic N) is 2. The SMILES string of the molecule is O=C(NCC1CCCO1)c1ccc(Nc2cccc(Cl)c2Cl)nn1. The molecule has 0 spiro atoms. The molecule has 1 unspecified atom stereocenters. The number of halogens is 2. The second-order valence-corrected chi connectivity index (χ2v) is 6.16. The minimum atomic E-state index is -0.273. The Labute approximate surface area is 149 Å². The summed E-state index contributed by atoms with van der Waals surface area (Å²) in [6, 6.07) is 8.50. The molecule has 0 bridgehead atoms. The van der Waals surface area contributed by atoms with E-state index in [9.17, 15) is 4.79 Å². The predicted molar refractivity (Wildman–Crippen MR) is 93.1 cm³/mol. The summed E-state index contributed by atoms with van der Waals surface area (Å²) in [6.07, 6.45) is 2.09. The number of aromatic nitrogens is 2. The molecule has 1 atom stereocenters. The maximum Gasteiger partial charge on any atom is 0.271 e. The summed E-state index contributed by atoms with van der Waals surface area (Å²) in [5, 5.41) is 14.6. The van der Waals surface area contributed by atoms with Crippen molar-refractivity contribution >= 4 is 40.6 Å². The van der Waals surface area contributed by atoms with Crippen LogP contribution in [0, 0.1) is 0 Å². The van der Waals surface area contributed by atoms with Gasteiger partial charge in [-0.2, -0.15) is 0 Å². The number of anilines is 2. The molecule has 2 aromatic rings. The lowest BCUT2D eigenvalue weighted by Crippen LogP contribution is -2.32. The molecule has 8 heteroatoms. The number of ether oxygens (including phenoxy) is 1. The van der Waals surface area contributed by atoms with Gasteiger partial charge in [-0.15, -0.1) is 10.2 Å². The lowest BCUT2D eigenvalue weighted by atomic mass is 10.2. The lowest BCUT2D eigenvalue weighted by Gasteiger charge is -2.11. The molecule has 6 nitrogen and oxygen atoms in total. The van der Waals surface area contributed by atoms with Gasteiger partial charge in [0.25, 0.3) is 5.91 Å². The Balaban J connectivity index is 1.60. The van der Waals surface area contributed by atoms with Gasteiger partial charge >= 0.3 is 0 Å². The van der Waals surface area contributed by atoms with Gasteiger partial charge in [-0.3, -0.25) is 4.79 Å². The van der Waals surface area contributed by atoms with Gasteiger partial charge in [0.1, 0.15) is 0 Å². The van der Waals surface area contributed by atoms with Gasteiger partial charge in [0.15, 0.2) is 11.5 Å². The Morgan fingerprint density at radius 3 is 2.83 bits per heavy atom. The summed E-state index contributed by atoms with van der Waals surface area (Å²) in [7, 11) is 0. The van der Waals surface area contributed by atoms with Gasteiger partial charge in [-0.05, 0) is 37.1 Å². The molecule has 1 fully saturated rings. The summed E-state index contributed by atoms with van der Waals surface area (Å²) >= 11 is 12.1. The number of benzene rings is 1. The molecule has 1 aliphatic rings. The van der Waals surface area contributed by atoms with Crippen molar-refractivity contribution in [3.63, 3.8) is 0 Å². The van der Waals surface area contributed by atoms with Crippen LogP contribution in [0.4, 0.5) is 11.5 Å². The van der Waals surface area contributed by atoms with Crippen LogP contribution in [0.2, 0.25) is 10.0 Å². The van der Waals surface area contributed by atoms with Gasteiger partial charge in [0, 0.05) is 13.2 Å². The molecule has 0 radical (unpaired) electrons. The largest absolute Gasteiger partial charge is 0.376 e. The molecule has 24 heavy (non-hydrogen) atoms. The zero-order valence-corrected chi connectivity index (χ0v) is 14.3. The smallest absolute Gasteiger partial charge is 0.271 e. The maximum atomic E-state index is 12.0. The number of carbonyl (C=O) groups is 1. The van der Waals surface area contributed by atoms with E-state index in [0.717, 1.165) is 19.4 Å². The summed E-state index contributed by atoms with van der Waals surface area (Å²) < 4.78 is 5.46. The van der Waals surface area contributed by atoms with Crippen molar-refractivity contribution < 1.29 is 9.53 Å². The molecular weight excluding hydrogens is 351 g/mol. The first-order valence-electron chi connectivity index (χ1n) is 7.58. The summed E-state index contributed by atoms with van der Waals surface area (Å²) in [5.74, 6) is 0.195. The fraction of sp³-hybridized carbons (Fsp3) is 0.312. The van der Waals surface area contributed by atoms with E-state index >= 15 is 0 Å². The van der Waals surface area contributed by atoms with E-state index in [4.69, 9.17) is 27.9 Å². The second-order valence-electron chi connectivity index (χ2n) is 5.38. The van der Waals surface area contributed by atoms with E-state index in [1.165, 1.54) is 0 Å². The highest BCUT2D eigenvalue weighted by Crippen LogP contribution is 2.31. The van der Waals surface area contributed by atoms with E-state index in [1.807, 2.05) is 0 Å². The Morgan fingerprint density at radius 2 is 2.12 bits per heavy atom. The summed E-state index contributed by atoms with van der Waals surface area (Å²) in [6.45, 7) is 1.24. The van der Waals surface area contributed by atoms with Crippen molar-refractivity contribution in [3.8, 4) is 0 Å². The van der Waals surface area contributed by atoms with E-state index in [2.05, 4.69) is 20.8 Å². The standard InChI is InChI=1S/C16H16Cl2N4O2/c17-11-4-1-5-12(15(11)18)20-14-7-6-13(21-22-14)16(23)19-9-10-3-2-8-24-10/h1,4-7,10H,2-3,8-9H2,(H,19,23)(H,20,22). The molecule has 0 saturated carbocycles. The van der Waals surface area contributed by atoms with Gasteiger partial charge in [0.2, 0.25) is 0 Å². The first-order valence-corrected chi connectivity index (χ1v) is 8.33. The number of amides is 1. The third-order valence-corrected chi connectivity index (χ3v) is 4.44. The van der Waals surface area contributed by atoms with Gasteiger partial charge in [0.05, 0.1) is 21.8 Å². The van der Waals surface area contributed by atoms with Crippen molar-refractivity contribution in [2.75, 3.05) is 18.5 Å². The number of hydrogen-bond acceptors (Lipinski definition) is 5. The highest BCUT2D eigenvalue weighted by atomic mass is 35.5. The molecule has 0 aliphatic carbocycles. The molecule has 2 N–H and O–H groups in total. The quantitative estimate of drug-likeness (QED) is 0.847. The van der Waals surface area contributed by atoms with E-state index in [0.29, 0.717) is 28.1 Å². The van der Waals surface area contributed by atoms with Crippen molar-refractivity contribution in [1.82, 2.24) is 15.5 Å². The normalized spacial score (nSPS) is 16.8. The van der Waals surface area contributed by atoms with Crippen LogP contribution in [-0.4, -0.2) is 35.4 Å². The fourth-order valence-electron chi connectivity index (χ4n) is 2.36. The minimum absolute atomic E-state index is 0.0906. The van der Waals surface area contributed by atoms with Crippen LogP contribution >= 0.6 is 23.2 Å². The molecule has 1 aromatic carbocycles. The minimum Gasteiger partial charge on any atom is -0.376 e. The van der Waals surface area contributed by atoms with Crippen LogP contribution in [0.5, 0.6) is 0 Å². The van der Waals surface area contributed by atoms with Gasteiger partial charge in [-0.25, -0.2) is 0 Å². The molecular formula is C16H16Cl2N4O2. The molecule has 1 aromatic heterocycles. The van der Waals surface area contributed by atoms with Crippen molar-refractivity contribution in [2.45, 2.75) is 18.9 Å². The van der Waals surface area contributed by atoms with Crippen molar-refractivity contribution in [1.29, 1.82) is 0 Å². The van der Waals surface area contributed by atoms with Crippen LogP contribution in [0.15, 0.2) is 30.3 Å². The third kappa shape index (κ3) is 4.14. The van der Waals surface area contributed by atoms with Crippen LogP contribution in [-0.2, 0) is 4.74 Å². The zero-order chi connectivity index (χ0) is 16.9. The lowest BCUT2D eigenvalue weighted by molar-refractivity contribution is 0.0853. The average molecular weight is 367 g/mol. The van der Waals surface area contributed by atoms with E-state index < -0.39 is 0 Å². The molecule has 3 rings (SSSR count). The van der Waals surface area contributed by atoms with Crippen LogP contribution in [0.3, 0.4) is 0 Å². The van der Waals surface area contributed by atoms with Crippen LogP contribution in [0.25, 0.3) is 0 Å². The maximum absolute atomic E-state index is 12.0. The van der Waals surface area contributed by atoms with Crippen molar-refractivity contribution in [3.05, 3.63) is 46.1 Å². The Hall–Kier alpha value is -1.89. The Kier molecular flexibility index (Phi) is 5.50. The summed E-state index contributed by atoms with van der Waals surface area (Å²) in [5.41, 5.74) is 0.866. The zero-order valence-electron chi connectivity index (χ0n) is 12.8. The Bertz CT molecular complexity index is 719. The second kappa shape index (κ2) is 7.79. The van der Waals surface area contributed by atoms with Crippen molar-refractivity contribution in [2.24, 2.45) is 0 Å². The summed E-state index contributed by atoms with van der Waals surface area (Å²) in [4.78, 5) is 12.0. The van der Waals surface area contributed by atoms with Crippen LogP contribution in [0.1, 0.15) is 23.3 Å². The molecule has 1 amide bonds. The third-order valence-electron chi connectivity index (χ3n) is 3.63. The van der Waals surface area contributed by atoms with E-state index in [1.54, 1.807) is 30.3 Å². The van der Waals surface area contributed by atoms with Gasteiger partial charge < -0.3 is 15.4 Å². The molecule has 1 saturated heterocycles. The van der Waals surface area contributed by atoms with Gasteiger partial charge in [-0.1, -0.05) is 29.3 Å². The monoisotopic (exact) mass is 366 g/mol. The highest BCUT2D eigenvalue weighted by Gasteiger charge is 2.17. The van der Waals surface area contributed by atoms with Crippen LogP contribution < -0.4 is 10.6 Å². The number of carbonyl (C=O) groups excluding carboxylic acids is 1. The number of rotatable bonds is 5. The number of hydrogen-bond donors (Lipinski definition) is 2. The first kappa shape index (κ1) is 17.0. The predicted octanol–water partition coefficient (Wildman–Crippen LogP) is 3.44. The topological polar surface area (TPSA) is 76.1 Å². The Morgan fingerprint density at radius 1 is 1.25 bits per heavy atom. The molecule has 126 valence electrons. The fourth-order valence-corrected chi connectivity index (χ4v) is 2.71. The first-order chi connectivity index (χ1) is 11.6. The average Bonchev–Trinajstić information content (AvgIpc) is 3.11. The molecule has 2 heterocycles. The van der Waals surface area contributed by atoms with E-state index in [-0.39, 0.29) is 17.7 Å². The number of nitrogens with one attached hydrogen (secondary N) is 2.